The molecule has 0 aromatic heterocycles. The van der Waals surface area contributed by atoms with Crippen LogP contribution in [0.4, 0.5) is 11.4 Å². The van der Waals surface area contributed by atoms with E-state index in [0.717, 1.165) is 5.56 Å². The summed E-state index contributed by atoms with van der Waals surface area (Å²) in [6.45, 7) is 3.70. The van der Waals surface area contributed by atoms with Gasteiger partial charge in [-0.2, -0.15) is 0 Å². The molecule has 0 unspecified atom stereocenters. The van der Waals surface area contributed by atoms with E-state index in [0.29, 0.717) is 16.6 Å². The average Bonchev–Trinajstić information content (AvgIpc) is 2.49. The molecular formula is C17H17BrN2O3. The topological polar surface area (TPSA) is 72.2 Å². The number of nitro groups is 1. The Bertz CT molecular complexity index is 730. The van der Waals surface area contributed by atoms with Crippen LogP contribution in [-0.2, 0) is 11.2 Å². The van der Waals surface area contributed by atoms with Gasteiger partial charge in [0.05, 0.1) is 10.6 Å². The van der Waals surface area contributed by atoms with Crippen molar-refractivity contribution in [1.82, 2.24) is 0 Å². The minimum Gasteiger partial charge on any atom is -0.324 e. The molecule has 1 amide bonds. The van der Waals surface area contributed by atoms with Crippen LogP contribution in [0.1, 0.15) is 19.4 Å². The summed E-state index contributed by atoms with van der Waals surface area (Å²) < 4.78 is 0.604. The number of non-ortho nitro benzene ring substituents is 1. The number of nitrogens with zero attached hydrogens (tertiary/aromatic N) is 1. The Balaban J connectivity index is 2.17. The summed E-state index contributed by atoms with van der Waals surface area (Å²) in [4.78, 5) is 22.9. The van der Waals surface area contributed by atoms with Gasteiger partial charge < -0.3 is 5.32 Å². The van der Waals surface area contributed by atoms with Crippen LogP contribution in [0.15, 0.2) is 53.0 Å². The Morgan fingerprint density at radius 2 is 1.87 bits per heavy atom. The minimum absolute atomic E-state index is 0.0654. The van der Waals surface area contributed by atoms with Crippen LogP contribution in [0.3, 0.4) is 0 Å². The molecule has 6 heteroatoms. The van der Waals surface area contributed by atoms with Crippen molar-refractivity contribution >= 4 is 33.2 Å². The number of rotatable bonds is 5. The third-order valence-corrected chi connectivity index (χ3v) is 4.20. The number of hydrogen-bond donors (Lipinski definition) is 1. The molecule has 5 nitrogen and oxygen atoms in total. The zero-order valence-corrected chi connectivity index (χ0v) is 14.5. The third kappa shape index (κ3) is 4.39. The molecule has 0 saturated carbocycles. The van der Waals surface area contributed by atoms with Gasteiger partial charge in [0.2, 0.25) is 5.91 Å². The zero-order valence-electron chi connectivity index (χ0n) is 12.9. The maximum absolute atomic E-state index is 12.6. The monoisotopic (exact) mass is 376 g/mol. The van der Waals surface area contributed by atoms with Crippen LogP contribution in [0, 0.1) is 15.5 Å². The summed E-state index contributed by atoms with van der Waals surface area (Å²) in [7, 11) is 0. The van der Waals surface area contributed by atoms with E-state index in [4.69, 9.17) is 0 Å². The number of carbonyl (C=O) groups is 1. The number of halogens is 1. The number of anilines is 1. The maximum Gasteiger partial charge on any atom is 0.271 e. The molecule has 2 aromatic rings. The molecule has 0 bridgehead atoms. The first-order chi connectivity index (χ1) is 10.8. The Labute approximate surface area is 143 Å². The van der Waals surface area contributed by atoms with Crippen LogP contribution in [0.25, 0.3) is 0 Å². The molecule has 23 heavy (non-hydrogen) atoms. The van der Waals surface area contributed by atoms with Crippen LogP contribution < -0.4 is 5.32 Å². The first-order valence-electron chi connectivity index (χ1n) is 7.09. The number of nitro benzene ring substituents is 1. The lowest BCUT2D eigenvalue weighted by Gasteiger charge is -2.24. The predicted octanol–water partition coefficient (Wildman–Crippen LogP) is 4.56. The van der Waals surface area contributed by atoms with E-state index < -0.39 is 10.3 Å². The number of amides is 1. The van der Waals surface area contributed by atoms with E-state index in [2.05, 4.69) is 21.2 Å². The van der Waals surface area contributed by atoms with Gasteiger partial charge in [-0.3, -0.25) is 14.9 Å². The van der Waals surface area contributed by atoms with E-state index in [1.54, 1.807) is 6.07 Å². The summed E-state index contributed by atoms with van der Waals surface area (Å²) in [5.41, 5.74) is 0.742. The minimum atomic E-state index is -0.647. The zero-order chi connectivity index (χ0) is 17.0. The summed E-state index contributed by atoms with van der Waals surface area (Å²) in [5.74, 6) is -0.192. The van der Waals surface area contributed by atoms with Crippen molar-refractivity contribution in [3.8, 4) is 0 Å². The van der Waals surface area contributed by atoms with E-state index in [9.17, 15) is 14.9 Å². The number of carbonyl (C=O) groups excluding carboxylic acids is 1. The fraction of sp³-hybridized carbons (Fsp3) is 0.235. The first kappa shape index (κ1) is 17.1. The van der Waals surface area contributed by atoms with Crippen LogP contribution in [0.5, 0.6) is 0 Å². The SMILES string of the molecule is CC(C)(Cc1ccccc1)C(=O)Nc1cc([N+](=O)[O-])ccc1Br. The molecule has 2 rings (SSSR count). The highest BCUT2D eigenvalue weighted by molar-refractivity contribution is 9.10. The molecule has 0 heterocycles. The molecule has 0 saturated heterocycles. The number of nitrogens with one attached hydrogen (secondary N) is 1. The molecule has 0 atom stereocenters. The molecule has 0 aliphatic carbocycles. The van der Waals surface area contributed by atoms with Crippen molar-refractivity contribution in [2.24, 2.45) is 5.41 Å². The molecule has 0 fully saturated rings. The highest BCUT2D eigenvalue weighted by atomic mass is 79.9. The van der Waals surface area contributed by atoms with Crippen molar-refractivity contribution in [2.75, 3.05) is 5.32 Å². The lowest BCUT2D eigenvalue weighted by atomic mass is 9.84. The summed E-state index contributed by atoms with van der Waals surface area (Å²) in [6.07, 6.45) is 0.576. The molecule has 2 aromatic carbocycles. The Hall–Kier alpha value is -2.21. The van der Waals surface area contributed by atoms with Crippen LogP contribution in [0.2, 0.25) is 0 Å². The summed E-state index contributed by atoms with van der Waals surface area (Å²) in [5, 5.41) is 13.6. The molecule has 0 aliphatic rings. The largest absolute Gasteiger partial charge is 0.324 e. The van der Waals surface area contributed by atoms with E-state index >= 15 is 0 Å². The summed E-state index contributed by atoms with van der Waals surface area (Å²) >= 11 is 3.30. The standard InChI is InChI=1S/C17H17BrN2O3/c1-17(2,11-12-6-4-3-5-7-12)16(21)19-15-10-13(20(22)23)8-9-14(15)18/h3-10H,11H2,1-2H3,(H,19,21). The van der Waals surface area contributed by atoms with Crippen molar-refractivity contribution in [3.63, 3.8) is 0 Å². The molecule has 120 valence electrons. The Kier molecular flexibility index (Phi) is 5.15. The predicted molar refractivity (Wildman–Crippen MR) is 93.4 cm³/mol. The van der Waals surface area contributed by atoms with Gasteiger partial charge in [-0.1, -0.05) is 44.2 Å². The van der Waals surface area contributed by atoms with Gasteiger partial charge in [-0.25, -0.2) is 0 Å². The van der Waals surface area contributed by atoms with Gasteiger partial charge >= 0.3 is 0 Å². The lowest BCUT2D eigenvalue weighted by Crippen LogP contribution is -2.32. The second kappa shape index (κ2) is 6.91. The highest BCUT2D eigenvalue weighted by Gasteiger charge is 2.28. The smallest absolute Gasteiger partial charge is 0.271 e. The van der Waals surface area contributed by atoms with Gasteiger partial charge in [0.15, 0.2) is 0 Å². The van der Waals surface area contributed by atoms with Gasteiger partial charge in [0.1, 0.15) is 0 Å². The van der Waals surface area contributed by atoms with Gasteiger partial charge in [0, 0.05) is 22.0 Å². The van der Waals surface area contributed by atoms with E-state index in [1.807, 2.05) is 44.2 Å². The molecule has 1 N–H and O–H groups in total. The molecule has 0 radical (unpaired) electrons. The van der Waals surface area contributed by atoms with Crippen LogP contribution in [-0.4, -0.2) is 10.8 Å². The number of hydrogen-bond acceptors (Lipinski definition) is 3. The van der Waals surface area contributed by atoms with E-state index in [1.165, 1.54) is 12.1 Å². The average molecular weight is 377 g/mol. The van der Waals surface area contributed by atoms with E-state index in [-0.39, 0.29) is 11.6 Å². The fourth-order valence-corrected chi connectivity index (χ4v) is 2.55. The van der Waals surface area contributed by atoms with Crippen molar-refractivity contribution < 1.29 is 9.72 Å². The first-order valence-corrected chi connectivity index (χ1v) is 7.88. The fourth-order valence-electron chi connectivity index (χ4n) is 2.20. The third-order valence-electron chi connectivity index (χ3n) is 3.51. The van der Waals surface area contributed by atoms with Crippen LogP contribution >= 0.6 is 15.9 Å². The van der Waals surface area contributed by atoms with Crippen molar-refractivity contribution in [2.45, 2.75) is 20.3 Å². The molecule has 0 spiro atoms. The van der Waals surface area contributed by atoms with Gasteiger partial charge in [0.25, 0.3) is 5.69 Å². The molecule has 0 aliphatic heterocycles. The second-order valence-electron chi connectivity index (χ2n) is 5.92. The van der Waals surface area contributed by atoms with Gasteiger partial charge in [-0.15, -0.1) is 0 Å². The Morgan fingerprint density at radius 3 is 2.48 bits per heavy atom. The van der Waals surface area contributed by atoms with Gasteiger partial charge in [-0.05, 0) is 34.0 Å². The summed E-state index contributed by atoms with van der Waals surface area (Å²) in [6, 6.07) is 14.0. The quantitative estimate of drug-likeness (QED) is 0.613. The second-order valence-corrected chi connectivity index (χ2v) is 6.78. The lowest BCUT2D eigenvalue weighted by molar-refractivity contribution is -0.384. The number of benzene rings is 2. The Morgan fingerprint density at radius 1 is 1.22 bits per heavy atom. The maximum atomic E-state index is 12.6. The normalized spacial score (nSPS) is 11.1. The van der Waals surface area contributed by atoms with Crippen molar-refractivity contribution in [1.29, 1.82) is 0 Å². The molecular weight excluding hydrogens is 360 g/mol. The highest BCUT2D eigenvalue weighted by Crippen LogP contribution is 2.30. The van der Waals surface area contributed by atoms with Crippen molar-refractivity contribution in [3.05, 3.63) is 68.7 Å².